The molecule has 1 aromatic carbocycles. The maximum Gasteiger partial charge on any atom is 0.122 e. The van der Waals surface area contributed by atoms with Crippen LogP contribution in [-0.4, -0.2) is 31.5 Å². The fourth-order valence-corrected chi connectivity index (χ4v) is 1.84. The second-order valence-electron chi connectivity index (χ2n) is 4.35. The van der Waals surface area contributed by atoms with Gasteiger partial charge in [0.15, 0.2) is 0 Å². The van der Waals surface area contributed by atoms with Crippen LogP contribution in [0.4, 0.5) is 0 Å². The molecule has 0 bridgehead atoms. The molecule has 16 heavy (non-hydrogen) atoms. The van der Waals surface area contributed by atoms with E-state index in [1.807, 2.05) is 19.1 Å². The Balaban J connectivity index is 1.99. The Kier molecular flexibility index (Phi) is 3.38. The molecule has 1 aliphatic rings. The molecule has 0 radical (unpaired) electrons. The molecule has 1 aliphatic heterocycles. The minimum absolute atomic E-state index is 0.0969. The largest absolute Gasteiger partial charge is 0.492 e. The van der Waals surface area contributed by atoms with Gasteiger partial charge < -0.3 is 14.6 Å². The third-order valence-corrected chi connectivity index (χ3v) is 3.06. The molecule has 0 saturated carbocycles. The van der Waals surface area contributed by atoms with Crippen LogP contribution in [0.5, 0.6) is 5.75 Å². The zero-order valence-electron chi connectivity index (χ0n) is 9.20. The SMILES string of the molecule is Cc1cc(Cl)ccc1OCC1(CO)COC1. The van der Waals surface area contributed by atoms with Crippen molar-refractivity contribution in [1.29, 1.82) is 0 Å². The molecule has 0 spiro atoms. The van der Waals surface area contributed by atoms with Crippen LogP contribution in [0.2, 0.25) is 5.02 Å². The highest BCUT2D eigenvalue weighted by Crippen LogP contribution is 2.29. The van der Waals surface area contributed by atoms with Gasteiger partial charge in [-0.1, -0.05) is 11.6 Å². The van der Waals surface area contributed by atoms with Gasteiger partial charge in [0.2, 0.25) is 0 Å². The van der Waals surface area contributed by atoms with Gasteiger partial charge in [0, 0.05) is 5.02 Å². The van der Waals surface area contributed by atoms with E-state index in [2.05, 4.69) is 0 Å². The van der Waals surface area contributed by atoms with E-state index >= 15 is 0 Å². The Morgan fingerprint density at radius 2 is 2.25 bits per heavy atom. The molecule has 3 nitrogen and oxygen atoms in total. The maximum atomic E-state index is 9.25. The normalized spacial score (nSPS) is 17.9. The Morgan fingerprint density at radius 1 is 1.50 bits per heavy atom. The van der Waals surface area contributed by atoms with E-state index < -0.39 is 0 Å². The molecule has 0 atom stereocenters. The summed E-state index contributed by atoms with van der Waals surface area (Å²) in [5.74, 6) is 0.809. The summed E-state index contributed by atoms with van der Waals surface area (Å²) in [6, 6.07) is 5.51. The van der Waals surface area contributed by atoms with Crippen LogP contribution >= 0.6 is 11.6 Å². The van der Waals surface area contributed by atoms with Gasteiger partial charge in [-0.15, -0.1) is 0 Å². The number of aliphatic hydroxyl groups excluding tert-OH is 1. The van der Waals surface area contributed by atoms with Crippen molar-refractivity contribution in [2.45, 2.75) is 6.92 Å². The lowest BCUT2D eigenvalue weighted by molar-refractivity contribution is -0.153. The van der Waals surface area contributed by atoms with Gasteiger partial charge in [0.25, 0.3) is 0 Å². The summed E-state index contributed by atoms with van der Waals surface area (Å²) in [6.07, 6.45) is 0. The van der Waals surface area contributed by atoms with E-state index in [1.165, 1.54) is 0 Å². The Hall–Kier alpha value is -0.770. The first-order valence-electron chi connectivity index (χ1n) is 5.23. The zero-order chi connectivity index (χ0) is 11.6. The van der Waals surface area contributed by atoms with Crippen molar-refractivity contribution in [3.8, 4) is 5.75 Å². The van der Waals surface area contributed by atoms with E-state index in [4.69, 9.17) is 21.1 Å². The smallest absolute Gasteiger partial charge is 0.122 e. The maximum absolute atomic E-state index is 9.25. The Labute approximate surface area is 99.9 Å². The molecule has 4 heteroatoms. The van der Waals surface area contributed by atoms with Crippen LogP contribution < -0.4 is 4.74 Å². The quantitative estimate of drug-likeness (QED) is 0.878. The van der Waals surface area contributed by atoms with Crippen molar-refractivity contribution in [3.05, 3.63) is 28.8 Å². The first-order valence-corrected chi connectivity index (χ1v) is 5.61. The zero-order valence-corrected chi connectivity index (χ0v) is 9.96. The predicted octanol–water partition coefficient (Wildman–Crippen LogP) is 2.04. The number of ether oxygens (including phenoxy) is 2. The fraction of sp³-hybridized carbons (Fsp3) is 0.500. The van der Waals surface area contributed by atoms with Gasteiger partial charge in [-0.05, 0) is 30.7 Å². The van der Waals surface area contributed by atoms with Gasteiger partial charge in [-0.2, -0.15) is 0 Å². The third kappa shape index (κ3) is 2.32. The second-order valence-corrected chi connectivity index (χ2v) is 4.79. The molecule has 2 rings (SSSR count). The van der Waals surface area contributed by atoms with Crippen molar-refractivity contribution in [3.63, 3.8) is 0 Å². The summed E-state index contributed by atoms with van der Waals surface area (Å²) in [4.78, 5) is 0. The number of rotatable bonds is 4. The minimum atomic E-state index is -0.216. The Morgan fingerprint density at radius 3 is 2.75 bits per heavy atom. The molecular weight excluding hydrogens is 228 g/mol. The molecular formula is C12H15ClO3. The second kappa shape index (κ2) is 4.62. The highest BCUT2D eigenvalue weighted by molar-refractivity contribution is 6.30. The molecule has 0 aromatic heterocycles. The van der Waals surface area contributed by atoms with Gasteiger partial charge in [0.05, 0.1) is 25.2 Å². The van der Waals surface area contributed by atoms with E-state index in [0.717, 1.165) is 11.3 Å². The van der Waals surface area contributed by atoms with E-state index in [0.29, 0.717) is 24.8 Å². The van der Waals surface area contributed by atoms with Crippen molar-refractivity contribution in [2.24, 2.45) is 5.41 Å². The number of hydrogen-bond donors (Lipinski definition) is 1. The standard InChI is InChI=1S/C12H15ClO3/c1-9-4-10(13)2-3-11(9)16-8-12(5-14)6-15-7-12/h2-4,14H,5-8H2,1H3. The van der Waals surface area contributed by atoms with Crippen LogP contribution in [0, 0.1) is 12.3 Å². The third-order valence-electron chi connectivity index (χ3n) is 2.82. The van der Waals surface area contributed by atoms with Gasteiger partial charge in [0.1, 0.15) is 12.4 Å². The molecule has 88 valence electrons. The van der Waals surface area contributed by atoms with E-state index in [9.17, 15) is 5.11 Å². The van der Waals surface area contributed by atoms with Crippen LogP contribution in [0.15, 0.2) is 18.2 Å². The molecule has 1 aromatic rings. The molecule has 1 N–H and O–H groups in total. The number of hydrogen-bond acceptors (Lipinski definition) is 3. The lowest BCUT2D eigenvalue weighted by Crippen LogP contribution is -2.49. The first-order chi connectivity index (χ1) is 7.65. The summed E-state index contributed by atoms with van der Waals surface area (Å²) < 4.78 is 10.8. The topological polar surface area (TPSA) is 38.7 Å². The number of aryl methyl sites for hydroxylation is 1. The van der Waals surface area contributed by atoms with Crippen molar-refractivity contribution >= 4 is 11.6 Å². The summed E-state index contributed by atoms with van der Waals surface area (Å²) in [7, 11) is 0. The lowest BCUT2D eigenvalue weighted by atomic mass is 9.88. The molecule has 0 amide bonds. The summed E-state index contributed by atoms with van der Waals surface area (Å²) in [5.41, 5.74) is 0.785. The molecule has 1 heterocycles. The molecule has 0 aliphatic carbocycles. The average Bonchev–Trinajstić information content (AvgIpc) is 2.19. The summed E-state index contributed by atoms with van der Waals surface area (Å²) >= 11 is 5.86. The number of benzene rings is 1. The van der Waals surface area contributed by atoms with Crippen molar-refractivity contribution in [1.82, 2.24) is 0 Å². The number of aliphatic hydroxyl groups is 1. The highest BCUT2D eigenvalue weighted by atomic mass is 35.5. The summed E-state index contributed by atoms with van der Waals surface area (Å²) in [5, 5.41) is 9.95. The minimum Gasteiger partial charge on any atom is -0.492 e. The van der Waals surface area contributed by atoms with Crippen LogP contribution in [0.25, 0.3) is 0 Å². The average molecular weight is 243 g/mol. The van der Waals surface area contributed by atoms with Crippen LogP contribution in [0.1, 0.15) is 5.56 Å². The summed E-state index contributed by atoms with van der Waals surface area (Å²) in [6.45, 7) is 3.65. The molecule has 1 saturated heterocycles. The fourth-order valence-electron chi connectivity index (χ4n) is 1.62. The van der Waals surface area contributed by atoms with Gasteiger partial charge in [-0.25, -0.2) is 0 Å². The predicted molar refractivity (Wildman–Crippen MR) is 62.0 cm³/mol. The molecule has 1 fully saturated rings. The van der Waals surface area contributed by atoms with Crippen molar-refractivity contribution < 1.29 is 14.6 Å². The first kappa shape index (κ1) is 11.7. The van der Waals surface area contributed by atoms with E-state index in [1.54, 1.807) is 6.07 Å². The Bertz CT molecular complexity index is 369. The van der Waals surface area contributed by atoms with Crippen LogP contribution in [0.3, 0.4) is 0 Å². The van der Waals surface area contributed by atoms with Crippen LogP contribution in [-0.2, 0) is 4.74 Å². The van der Waals surface area contributed by atoms with Crippen molar-refractivity contribution in [2.75, 3.05) is 26.4 Å². The number of halogens is 1. The van der Waals surface area contributed by atoms with Gasteiger partial charge in [-0.3, -0.25) is 0 Å². The van der Waals surface area contributed by atoms with E-state index in [-0.39, 0.29) is 12.0 Å². The van der Waals surface area contributed by atoms with Gasteiger partial charge >= 0.3 is 0 Å². The highest BCUT2D eigenvalue weighted by Gasteiger charge is 2.39. The molecule has 0 unspecified atom stereocenters. The monoisotopic (exact) mass is 242 g/mol. The lowest BCUT2D eigenvalue weighted by Gasteiger charge is -2.39.